The maximum Gasteiger partial charge on any atom is 0.119 e. The van der Waals surface area contributed by atoms with Gasteiger partial charge < -0.3 is 10.1 Å². The minimum absolute atomic E-state index is 0.448. The van der Waals surface area contributed by atoms with Gasteiger partial charge in [-0.25, -0.2) is 0 Å². The molecule has 0 spiro atoms. The summed E-state index contributed by atoms with van der Waals surface area (Å²) in [5, 5.41) is 3.46. The van der Waals surface area contributed by atoms with Crippen LogP contribution in [0.2, 0.25) is 0 Å². The molecule has 2 nitrogen and oxygen atoms in total. The van der Waals surface area contributed by atoms with Crippen molar-refractivity contribution in [2.24, 2.45) is 0 Å². The molecule has 1 aromatic carbocycles. The molecule has 0 amide bonds. The fraction of sp³-hybridized carbons (Fsp3) is 0.667. The van der Waals surface area contributed by atoms with E-state index in [2.05, 4.69) is 43.4 Å². The van der Waals surface area contributed by atoms with Crippen molar-refractivity contribution in [2.45, 2.75) is 70.9 Å². The molecule has 112 valence electrons. The smallest absolute Gasteiger partial charge is 0.119 e. The van der Waals surface area contributed by atoms with E-state index in [-0.39, 0.29) is 0 Å². The Morgan fingerprint density at radius 1 is 1.15 bits per heavy atom. The van der Waals surface area contributed by atoms with E-state index in [9.17, 15) is 0 Å². The number of benzene rings is 1. The first-order chi connectivity index (χ1) is 9.78. The minimum Gasteiger partial charge on any atom is -0.490 e. The molecule has 1 aliphatic carbocycles. The lowest BCUT2D eigenvalue weighted by Gasteiger charge is -2.23. The summed E-state index contributed by atoms with van der Waals surface area (Å²) in [5.41, 5.74) is 1.41. The third kappa shape index (κ3) is 5.16. The third-order valence-electron chi connectivity index (χ3n) is 4.20. The van der Waals surface area contributed by atoms with Crippen LogP contribution in [0, 0.1) is 0 Å². The van der Waals surface area contributed by atoms with Gasteiger partial charge in [-0.2, -0.15) is 0 Å². The maximum atomic E-state index is 6.06. The average molecular weight is 275 g/mol. The summed E-state index contributed by atoms with van der Waals surface area (Å²) >= 11 is 0. The second-order valence-corrected chi connectivity index (χ2v) is 6.02. The van der Waals surface area contributed by atoms with E-state index in [0.29, 0.717) is 12.1 Å². The van der Waals surface area contributed by atoms with Crippen LogP contribution in [0.25, 0.3) is 0 Å². The molecule has 0 saturated heterocycles. The lowest BCUT2D eigenvalue weighted by Crippen LogP contribution is -2.25. The molecule has 0 bridgehead atoms. The van der Waals surface area contributed by atoms with E-state index in [1.54, 1.807) is 0 Å². The molecule has 0 aliphatic heterocycles. The first-order valence-corrected chi connectivity index (χ1v) is 8.27. The van der Waals surface area contributed by atoms with Gasteiger partial charge in [-0.1, -0.05) is 25.5 Å². The quantitative estimate of drug-likeness (QED) is 0.799. The van der Waals surface area contributed by atoms with Crippen molar-refractivity contribution in [1.82, 2.24) is 5.32 Å². The predicted molar refractivity (Wildman–Crippen MR) is 85.4 cm³/mol. The van der Waals surface area contributed by atoms with Crippen molar-refractivity contribution in [1.29, 1.82) is 0 Å². The number of hydrogen-bond donors (Lipinski definition) is 1. The van der Waals surface area contributed by atoms with Crippen molar-refractivity contribution < 1.29 is 4.74 Å². The second-order valence-electron chi connectivity index (χ2n) is 6.02. The molecule has 2 heteroatoms. The van der Waals surface area contributed by atoms with Crippen LogP contribution in [-0.4, -0.2) is 18.7 Å². The Hall–Kier alpha value is -1.02. The van der Waals surface area contributed by atoms with Gasteiger partial charge in [-0.3, -0.25) is 0 Å². The first kappa shape index (κ1) is 15.4. The zero-order chi connectivity index (χ0) is 14.2. The fourth-order valence-electron chi connectivity index (χ4n) is 2.94. The van der Waals surface area contributed by atoms with Crippen molar-refractivity contribution in [3.63, 3.8) is 0 Å². The normalized spacial score (nSPS) is 17.9. The predicted octanol–water partition coefficient (Wildman–Crippen LogP) is 4.33. The van der Waals surface area contributed by atoms with Gasteiger partial charge in [0.25, 0.3) is 0 Å². The van der Waals surface area contributed by atoms with Gasteiger partial charge in [0.05, 0.1) is 6.10 Å². The molecule has 2 rings (SSSR count). The average Bonchev–Trinajstić information content (AvgIpc) is 2.48. The molecule has 20 heavy (non-hydrogen) atoms. The Bertz CT molecular complexity index is 368. The van der Waals surface area contributed by atoms with E-state index in [1.807, 2.05) is 0 Å². The van der Waals surface area contributed by atoms with Crippen molar-refractivity contribution in [2.75, 3.05) is 6.54 Å². The molecular formula is C18H29NO. The Kier molecular flexibility index (Phi) is 6.38. The number of rotatable bonds is 7. The Labute approximate surface area is 123 Å². The topological polar surface area (TPSA) is 21.3 Å². The zero-order valence-electron chi connectivity index (χ0n) is 13.0. The van der Waals surface area contributed by atoms with Crippen molar-refractivity contribution >= 4 is 0 Å². The summed E-state index contributed by atoms with van der Waals surface area (Å²) in [6, 6.07) is 9.32. The molecule has 0 radical (unpaired) electrons. The fourth-order valence-corrected chi connectivity index (χ4v) is 2.94. The van der Waals surface area contributed by atoms with Gasteiger partial charge >= 0.3 is 0 Å². The van der Waals surface area contributed by atoms with Gasteiger partial charge in [0, 0.05) is 6.04 Å². The van der Waals surface area contributed by atoms with Crippen LogP contribution in [-0.2, 0) is 6.42 Å². The van der Waals surface area contributed by atoms with Crippen LogP contribution in [0.15, 0.2) is 24.3 Å². The SMILES string of the molecule is CCNC(C)CCc1ccc(OC2CCCCC2)cc1. The van der Waals surface area contributed by atoms with Gasteiger partial charge in [0.15, 0.2) is 0 Å². The van der Waals surface area contributed by atoms with Crippen LogP contribution >= 0.6 is 0 Å². The molecule has 0 heterocycles. The monoisotopic (exact) mass is 275 g/mol. The van der Waals surface area contributed by atoms with Gasteiger partial charge in [0.1, 0.15) is 5.75 Å². The maximum absolute atomic E-state index is 6.06. The van der Waals surface area contributed by atoms with Crippen LogP contribution < -0.4 is 10.1 Å². The van der Waals surface area contributed by atoms with E-state index in [4.69, 9.17) is 4.74 Å². The summed E-state index contributed by atoms with van der Waals surface area (Å²) in [7, 11) is 0. The molecular weight excluding hydrogens is 246 g/mol. The van der Waals surface area contributed by atoms with Crippen molar-refractivity contribution in [3.8, 4) is 5.75 Å². The molecule has 1 aliphatic rings. The van der Waals surface area contributed by atoms with Crippen molar-refractivity contribution in [3.05, 3.63) is 29.8 Å². The van der Waals surface area contributed by atoms with E-state index in [0.717, 1.165) is 18.7 Å². The van der Waals surface area contributed by atoms with Gasteiger partial charge in [-0.15, -0.1) is 0 Å². The highest BCUT2D eigenvalue weighted by molar-refractivity contribution is 5.27. The van der Waals surface area contributed by atoms with Crippen LogP contribution in [0.5, 0.6) is 5.75 Å². The number of hydrogen-bond acceptors (Lipinski definition) is 2. The van der Waals surface area contributed by atoms with Crippen LogP contribution in [0.3, 0.4) is 0 Å². The molecule has 1 saturated carbocycles. The molecule has 0 aromatic heterocycles. The Balaban J connectivity index is 1.77. The van der Waals surface area contributed by atoms with Gasteiger partial charge in [0.2, 0.25) is 0 Å². The third-order valence-corrected chi connectivity index (χ3v) is 4.20. The van der Waals surface area contributed by atoms with Crippen LogP contribution in [0.4, 0.5) is 0 Å². The summed E-state index contributed by atoms with van der Waals surface area (Å²) < 4.78 is 6.06. The number of aryl methyl sites for hydroxylation is 1. The highest BCUT2D eigenvalue weighted by Gasteiger charge is 2.14. The highest BCUT2D eigenvalue weighted by atomic mass is 16.5. The number of nitrogens with one attached hydrogen (secondary N) is 1. The highest BCUT2D eigenvalue weighted by Crippen LogP contribution is 2.23. The summed E-state index contributed by atoms with van der Waals surface area (Å²) in [6.07, 6.45) is 9.25. The standard InChI is InChI=1S/C18H29NO/c1-3-19-15(2)9-10-16-11-13-18(14-12-16)20-17-7-5-4-6-8-17/h11-15,17,19H,3-10H2,1-2H3. The van der Waals surface area contributed by atoms with Gasteiger partial charge in [-0.05, 0) is 69.7 Å². The molecule has 1 fully saturated rings. The minimum atomic E-state index is 0.448. The van der Waals surface area contributed by atoms with E-state index >= 15 is 0 Å². The van der Waals surface area contributed by atoms with E-state index < -0.39 is 0 Å². The summed E-state index contributed by atoms with van der Waals surface area (Å²) in [5.74, 6) is 1.04. The largest absolute Gasteiger partial charge is 0.490 e. The van der Waals surface area contributed by atoms with E-state index in [1.165, 1.54) is 44.1 Å². The molecule has 1 atom stereocenters. The summed E-state index contributed by atoms with van der Waals surface area (Å²) in [6.45, 7) is 5.47. The first-order valence-electron chi connectivity index (χ1n) is 8.27. The molecule has 1 unspecified atom stereocenters. The lowest BCUT2D eigenvalue weighted by atomic mass is 9.98. The molecule has 1 N–H and O–H groups in total. The number of ether oxygens (including phenoxy) is 1. The zero-order valence-corrected chi connectivity index (χ0v) is 13.0. The van der Waals surface area contributed by atoms with Crippen LogP contribution in [0.1, 0.15) is 57.9 Å². The second kappa shape index (κ2) is 8.31. The molecule has 1 aromatic rings. The lowest BCUT2D eigenvalue weighted by molar-refractivity contribution is 0.155. The Morgan fingerprint density at radius 3 is 2.50 bits per heavy atom. The Morgan fingerprint density at radius 2 is 1.85 bits per heavy atom. The summed E-state index contributed by atoms with van der Waals surface area (Å²) in [4.78, 5) is 0.